The lowest BCUT2D eigenvalue weighted by Gasteiger charge is -2.00. The predicted octanol–water partition coefficient (Wildman–Crippen LogP) is 1.97. The monoisotopic (exact) mass is 275 g/mol. The fourth-order valence-corrected chi connectivity index (χ4v) is 1.92. The molecule has 16 heavy (non-hydrogen) atoms. The van der Waals surface area contributed by atoms with Crippen molar-refractivity contribution in [3.05, 3.63) is 41.7 Å². The van der Waals surface area contributed by atoms with Gasteiger partial charge in [0.2, 0.25) is 0 Å². The Morgan fingerprint density at radius 2 is 1.94 bits per heavy atom. The maximum Gasteiger partial charge on any atom is 0.172 e. The first kappa shape index (κ1) is 9.41. The first-order valence-corrected chi connectivity index (χ1v) is 5.39. The zero-order chi connectivity index (χ0) is 11.0. The Bertz CT molecular complexity index is 634. The highest BCUT2D eigenvalue weighted by atomic mass is 79.9. The quantitative estimate of drug-likeness (QED) is 0.682. The molecule has 0 bridgehead atoms. The van der Waals surface area contributed by atoms with Crippen LogP contribution in [0.1, 0.15) is 0 Å². The average molecular weight is 276 g/mol. The van der Waals surface area contributed by atoms with Crippen molar-refractivity contribution in [1.29, 1.82) is 0 Å². The van der Waals surface area contributed by atoms with Crippen LogP contribution in [0, 0.1) is 0 Å². The van der Waals surface area contributed by atoms with Gasteiger partial charge in [0.25, 0.3) is 0 Å². The topological polar surface area (TPSA) is 56.5 Å². The number of halogens is 1. The third-order valence-corrected chi connectivity index (χ3v) is 2.85. The molecule has 3 rings (SSSR count). The number of nitrogens with zero attached hydrogens (tertiary/aromatic N) is 5. The molecule has 0 atom stereocenters. The minimum Gasteiger partial charge on any atom is -0.261 e. The first-order chi connectivity index (χ1) is 7.86. The zero-order valence-corrected chi connectivity index (χ0v) is 9.66. The second kappa shape index (κ2) is 3.64. The maximum atomic E-state index is 4.27. The van der Waals surface area contributed by atoms with Gasteiger partial charge in [0.05, 0.1) is 24.1 Å². The Morgan fingerprint density at radius 3 is 2.75 bits per heavy atom. The first-order valence-electron chi connectivity index (χ1n) is 4.60. The van der Waals surface area contributed by atoms with Gasteiger partial charge in [-0.1, -0.05) is 0 Å². The maximum absolute atomic E-state index is 4.27. The molecule has 0 saturated carbocycles. The van der Waals surface area contributed by atoms with Gasteiger partial charge >= 0.3 is 0 Å². The minimum absolute atomic E-state index is 0.678. The molecular weight excluding hydrogens is 270 g/mol. The van der Waals surface area contributed by atoms with Gasteiger partial charge in [0, 0.05) is 28.4 Å². The van der Waals surface area contributed by atoms with Crippen LogP contribution in [-0.4, -0.2) is 24.7 Å². The molecule has 0 radical (unpaired) electrons. The lowest BCUT2D eigenvalue weighted by atomic mass is 10.3. The summed E-state index contributed by atoms with van der Waals surface area (Å²) in [7, 11) is 0. The second-order valence-electron chi connectivity index (χ2n) is 3.17. The lowest BCUT2D eigenvalue weighted by molar-refractivity contribution is 0.862. The predicted molar refractivity (Wildman–Crippen MR) is 62.2 cm³/mol. The highest BCUT2D eigenvalue weighted by Crippen LogP contribution is 2.23. The van der Waals surface area contributed by atoms with E-state index < -0.39 is 0 Å². The summed E-state index contributed by atoms with van der Waals surface area (Å²) in [5.41, 5.74) is 0.898. The van der Waals surface area contributed by atoms with Gasteiger partial charge < -0.3 is 0 Å². The van der Waals surface area contributed by atoms with E-state index in [-0.39, 0.29) is 0 Å². The van der Waals surface area contributed by atoms with Crippen LogP contribution in [0.4, 0.5) is 0 Å². The minimum atomic E-state index is 0.678. The summed E-state index contributed by atoms with van der Waals surface area (Å²) in [5, 5.41) is 5.27. The molecule has 0 N–H and O–H groups in total. The van der Waals surface area contributed by atoms with Gasteiger partial charge in [-0.3, -0.25) is 9.97 Å². The van der Waals surface area contributed by atoms with Crippen molar-refractivity contribution in [3.8, 4) is 5.82 Å². The zero-order valence-electron chi connectivity index (χ0n) is 8.08. The van der Waals surface area contributed by atoms with E-state index in [0.717, 1.165) is 15.4 Å². The van der Waals surface area contributed by atoms with Crippen molar-refractivity contribution in [1.82, 2.24) is 24.7 Å². The Kier molecular flexibility index (Phi) is 2.14. The number of aromatic nitrogens is 5. The van der Waals surface area contributed by atoms with Crippen LogP contribution in [0.5, 0.6) is 0 Å². The third-order valence-electron chi connectivity index (χ3n) is 2.21. The molecule has 6 heteroatoms. The summed E-state index contributed by atoms with van der Waals surface area (Å²) in [5.74, 6) is 0.678. The summed E-state index contributed by atoms with van der Waals surface area (Å²) < 4.78 is 2.63. The molecule has 0 amide bonds. The van der Waals surface area contributed by atoms with Crippen molar-refractivity contribution >= 4 is 26.8 Å². The summed E-state index contributed by atoms with van der Waals surface area (Å²) in [6.07, 6.45) is 10.2. The van der Waals surface area contributed by atoms with Crippen LogP contribution in [0.25, 0.3) is 16.7 Å². The van der Waals surface area contributed by atoms with E-state index >= 15 is 0 Å². The Hall–Kier alpha value is -1.82. The molecule has 0 spiro atoms. The summed E-state index contributed by atoms with van der Waals surface area (Å²) in [6, 6.07) is 0. The molecule has 3 heterocycles. The largest absolute Gasteiger partial charge is 0.261 e. The number of hydrogen-bond acceptors (Lipinski definition) is 4. The number of rotatable bonds is 1. The van der Waals surface area contributed by atoms with Gasteiger partial charge in [-0.2, -0.15) is 5.10 Å². The number of fused-ring (bicyclic) bond motifs is 1. The molecule has 3 aromatic heterocycles. The van der Waals surface area contributed by atoms with Gasteiger partial charge in [-0.25, -0.2) is 9.67 Å². The molecule has 3 aromatic rings. The van der Waals surface area contributed by atoms with Crippen molar-refractivity contribution in [2.24, 2.45) is 0 Å². The fraction of sp³-hybridized carbons (Fsp3) is 0. The SMILES string of the molecule is Brc1cncc2c1cnn2-c1cnccn1. The van der Waals surface area contributed by atoms with E-state index in [1.807, 2.05) is 0 Å². The third kappa shape index (κ3) is 1.38. The molecule has 0 aliphatic carbocycles. The summed E-state index contributed by atoms with van der Waals surface area (Å²) in [6.45, 7) is 0. The van der Waals surface area contributed by atoms with E-state index in [4.69, 9.17) is 0 Å². The normalized spacial score (nSPS) is 10.8. The molecule has 0 aliphatic rings. The summed E-state index contributed by atoms with van der Waals surface area (Å²) >= 11 is 3.43. The lowest BCUT2D eigenvalue weighted by Crippen LogP contribution is -1.99. The van der Waals surface area contributed by atoms with Crippen LogP contribution in [-0.2, 0) is 0 Å². The van der Waals surface area contributed by atoms with Crippen LogP contribution >= 0.6 is 15.9 Å². The van der Waals surface area contributed by atoms with Crippen LogP contribution in [0.15, 0.2) is 41.7 Å². The van der Waals surface area contributed by atoms with Gasteiger partial charge in [0.1, 0.15) is 0 Å². The Morgan fingerprint density at radius 1 is 1.00 bits per heavy atom. The van der Waals surface area contributed by atoms with Crippen LogP contribution < -0.4 is 0 Å². The van der Waals surface area contributed by atoms with Gasteiger partial charge in [-0.05, 0) is 15.9 Å². The molecule has 0 unspecified atom stereocenters. The van der Waals surface area contributed by atoms with Gasteiger partial charge in [-0.15, -0.1) is 0 Å². The molecule has 0 aliphatic heterocycles. The van der Waals surface area contributed by atoms with Crippen LogP contribution in [0.3, 0.4) is 0 Å². The highest BCUT2D eigenvalue weighted by Gasteiger charge is 2.08. The van der Waals surface area contributed by atoms with E-state index in [2.05, 4.69) is 36.0 Å². The smallest absolute Gasteiger partial charge is 0.172 e. The highest BCUT2D eigenvalue weighted by molar-refractivity contribution is 9.10. The number of hydrogen-bond donors (Lipinski definition) is 0. The molecular formula is C10H6BrN5. The molecule has 5 nitrogen and oxygen atoms in total. The fourth-order valence-electron chi connectivity index (χ4n) is 1.49. The Balaban J connectivity index is 2.30. The molecule has 0 aromatic carbocycles. The average Bonchev–Trinajstić information content (AvgIpc) is 2.75. The molecule has 78 valence electrons. The van der Waals surface area contributed by atoms with Crippen molar-refractivity contribution in [3.63, 3.8) is 0 Å². The van der Waals surface area contributed by atoms with E-state index in [1.165, 1.54) is 0 Å². The molecule has 0 saturated heterocycles. The van der Waals surface area contributed by atoms with E-state index in [1.54, 1.807) is 41.9 Å². The summed E-state index contributed by atoms with van der Waals surface area (Å²) in [4.78, 5) is 12.3. The van der Waals surface area contributed by atoms with E-state index in [0.29, 0.717) is 5.82 Å². The van der Waals surface area contributed by atoms with Crippen LogP contribution in [0.2, 0.25) is 0 Å². The van der Waals surface area contributed by atoms with Crippen molar-refractivity contribution < 1.29 is 0 Å². The number of pyridine rings is 1. The Labute approximate surface area is 99.3 Å². The van der Waals surface area contributed by atoms with E-state index in [9.17, 15) is 0 Å². The van der Waals surface area contributed by atoms with Gasteiger partial charge in [0.15, 0.2) is 5.82 Å². The standard InChI is InChI=1S/C10H6BrN5/c11-8-4-13-5-9-7(8)3-15-16(9)10-6-12-1-2-14-10/h1-6H. The second-order valence-corrected chi connectivity index (χ2v) is 4.03. The van der Waals surface area contributed by atoms with Crippen molar-refractivity contribution in [2.45, 2.75) is 0 Å². The molecule has 0 fully saturated rings. The van der Waals surface area contributed by atoms with Crippen molar-refractivity contribution in [2.75, 3.05) is 0 Å².